The van der Waals surface area contributed by atoms with E-state index in [9.17, 15) is 9.18 Å². The lowest BCUT2D eigenvalue weighted by atomic mass is 10.1. The standard InChI is InChI=1S/C15H14FNO2.ClH/c16-13-7-5-11(6-8-13)9-17-10-12-3-1-2-4-14(12)15(18)19;/h1-8,17H,9-10H2,(H,18,19);1H. The van der Waals surface area contributed by atoms with Crippen LogP contribution in [0.3, 0.4) is 0 Å². The third kappa shape index (κ3) is 4.33. The first-order valence-corrected chi connectivity index (χ1v) is 5.93. The summed E-state index contributed by atoms with van der Waals surface area (Å²) in [6.45, 7) is 1.02. The van der Waals surface area contributed by atoms with Crippen LogP contribution in [0, 0.1) is 5.82 Å². The smallest absolute Gasteiger partial charge is 0.336 e. The fourth-order valence-electron chi connectivity index (χ4n) is 1.83. The highest BCUT2D eigenvalue weighted by Crippen LogP contribution is 2.09. The van der Waals surface area contributed by atoms with E-state index in [0.717, 1.165) is 11.1 Å². The van der Waals surface area contributed by atoms with Crippen molar-refractivity contribution in [3.63, 3.8) is 0 Å². The number of carboxylic acids is 1. The van der Waals surface area contributed by atoms with Crippen LogP contribution in [0.25, 0.3) is 0 Å². The molecule has 2 rings (SSSR count). The van der Waals surface area contributed by atoms with Gasteiger partial charge in [0.2, 0.25) is 0 Å². The molecule has 0 unspecified atom stereocenters. The van der Waals surface area contributed by atoms with Crippen LogP contribution in [0.2, 0.25) is 0 Å². The van der Waals surface area contributed by atoms with Gasteiger partial charge in [-0.05, 0) is 29.3 Å². The fraction of sp³-hybridized carbons (Fsp3) is 0.133. The molecule has 2 aromatic rings. The van der Waals surface area contributed by atoms with Crippen LogP contribution in [0.4, 0.5) is 4.39 Å². The summed E-state index contributed by atoms with van der Waals surface area (Å²) < 4.78 is 12.7. The van der Waals surface area contributed by atoms with Crippen LogP contribution in [-0.2, 0) is 13.1 Å². The van der Waals surface area contributed by atoms with Gasteiger partial charge in [-0.3, -0.25) is 0 Å². The summed E-state index contributed by atoms with van der Waals surface area (Å²) >= 11 is 0. The van der Waals surface area contributed by atoms with Crippen molar-refractivity contribution < 1.29 is 14.3 Å². The van der Waals surface area contributed by atoms with Gasteiger partial charge in [0.25, 0.3) is 0 Å². The number of carbonyl (C=O) groups is 1. The third-order valence-corrected chi connectivity index (χ3v) is 2.81. The summed E-state index contributed by atoms with van der Waals surface area (Å²) in [5, 5.41) is 12.2. The molecule has 2 aromatic carbocycles. The van der Waals surface area contributed by atoms with Gasteiger partial charge in [-0.15, -0.1) is 12.4 Å². The van der Waals surface area contributed by atoms with Gasteiger partial charge in [0.05, 0.1) is 5.56 Å². The molecular weight excluding hydrogens is 281 g/mol. The van der Waals surface area contributed by atoms with Gasteiger partial charge in [-0.1, -0.05) is 30.3 Å². The largest absolute Gasteiger partial charge is 0.478 e. The van der Waals surface area contributed by atoms with Crippen molar-refractivity contribution in [2.75, 3.05) is 0 Å². The number of benzene rings is 2. The molecule has 0 spiro atoms. The lowest BCUT2D eigenvalue weighted by Crippen LogP contribution is -2.15. The van der Waals surface area contributed by atoms with E-state index in [0.29, 0.717) is 18.7 Å². The van der Waals surface area contributed by atoms with Crippen LogP contribution in [0.15, 0.2) is 48.5 Å². The normalized spacial score (nSPS) is 9.85. The zero-order valence-corrected chi connectivity index (χ0v) is 11.5. The Hall–Kier alpha value is -1.91. The van der Waals surface area contributed by atoms with Crippen molar-refractivity contribution in [3.05, 3.63) is 71.0 Å². The summed E-state index contributed by atoms with van der Waals surface area (Å²) in [5.74, 6) is -1.20. The minimum absolute atomic E-state index is 0. The van der Waals surface area contributed by atoms with E-state index >= 15 is 0 Å². The molecule has 2 N–H and O–H groups in total. The van der Waals surface area contributed by atoms with Gasteiger partial charge in [-0.2, -0.15) is 0 Å². The lowest BCUT2D eigenvalue weighted by molar-refractivity contribution is 0.0695. The number of aromatic carboxylic acids is 1. The van der Waals surface area contributed by atoms with Gasteiger partial charge in [0, 0.05) is 13.1 Å². The average molecular weight is 296 g/mol. The summed E-state index contributed by atoms with van der Waals surface area (Å²) in [5.41, 5.74) is 1.99. The van der Waals surface area contributed by atoms with Crippen LogP contribution in [-0.4, -0.2) is 11.1 Å². The van der Waals surface area contributed by atoms with Crippen molar-refractivity contribution in [1.82, 2.24) is 5.32 Å². The fourth-order valence-corrected chi connectivity index (χ4v) is 1.83. The molecule has 0 aromatic heterocycles. The maximum atomic E-state index is 12.7. The first-order chi connectivity index (χ1) is 9.16. The highest BCUT2D eigenvalue weighted by molar-refractivity contribution is 5.89. The minimum atomic E-state index is -0.931. The molecule has 0 bridgehead atoms. The highest BCUT2D eigenvalue weighted by atomic mass is 35.5. The van der Waals surface area contributed by atoms with Gasteiger partial charge < -0.3 is 10.4 Å². The number of carboxylic acid groups (broad SMARTS) is 1. The molecule has 0 amide bonds. The molecule has 3 nitrogen and oxygen atoms in total. The number of hydrogen-bond donors (Lipinski definition) is 2. The predicted octanol–water partition coefficient (Wildman–Crippen LogP) is 3.24. The molecular formula is C15H15ClFNO2. The zero-order chi connectivity index (χ0) is 13.7. The Morgan fingerprint density at radius 1 is 1.05 bits per heavy atom. The minimum Gasteiger partial charge on any atom is -0.478 e. The second-order valence-electron chi connectivity index (χ2n) is 4.19. The Morgan fingerprint density at radius 2 is 1.70 bits per heavy atom. The van der Waals surface area contributed by atoms with E-state index in [1.165, 1.54) is 12.1 Å². The molecule has 0 aliphatic carbocycles. The van der Waals surface area contributed by atoms with Crippen molar-refractivity contribution in [2.24, 2.45) is 0 Å². The molecule has 106 valence electrons. The Balaban J connectivity index is 0.00000200. The first-order valence-electron chi connectivity index (χ1n) is 5.93. The molecule has 0 aliphatic heterocycles. The van der Waals surface area contributed by atoms with E-state index in [4.69, 9.17) is 5.11 Å². The van der Waals surface area contributed by atoms with Crippen LogP contribution < -0.4 is 5.32 Å². The first kappa shape index (κ1) is 16.1. The SMILES string of the molecule is Cl.O=C(O)c1ccccc1CNCc1ccc(F)cc1. The van der Waals surface area contributed by atoms with Crippen LogP contribution in [0.5, 0.6) is 0 Å². The summed E-state index contributed by atoms with van der Waals surface area (Å²) in [6, 6.07) is 13.1. The van der Waals surface area contributed by atoms with E-state index in [1.54, 1.807) is 36.4 Å². The number of nitrogens with one attached hydrogen (secondary N) is 1. The Bertz CT molecular complexity index is 572. The molecule has 0 heterocycles. The predicted molar refractivity (Wildman–Crippen MR) is 77.6 cm³/mol. The maximum Gasteiger partial charge on any atom is 0.336 e. The van der Waals surface area contributed by atoms with Crippen molar-refractivity contribution in [3.8, 4) is 0 Å². The maximum absolute atomic E-state index is 12.7. The molecule has 0 radical (unpaired) electrons. The van der Waals surface area contributed by atoms with E-state index in [2.05, 4.69) is 5.32 Å². The molecule has 20 heavy (non-hydrogen) atoms. The van der Waals surface area contributed by atoms with E-state index in [-0.39, 0.29) is 18.2 Å². The van der Waals surface area contributed by atoms with Crippen LogP contribution in [0.1, 0.15) is 21.5 Å². The Labute approximate surface area is 122 Å². The van der Waals surface area contributed by atoms with Gasteiger partial charge in [0.15, 0.2) is 0 Å². The zero-order valence-electron chi connectivity index (χ0n) is 10.7. The lowest BCUT2D eigenvalue weighted by Gasteiger charge is -2.08. The van der Waals surface area contributed by atoms with Crippen molar-refractivity contribution in [2.45, 2.75) is 13.1 Å². The molecule has 0 atom stereocenters. The molecule has 0 saturated carbocycles. The van der Waals surface area contributed by atoms with E-state index in [1.807, 2.05) is 0 Å². The molecule has 0 aliphatic rings. The number of hydrogen-bond acceptors (Lipinski definition) is 2. The van der Waals surface area contributed by atoms with E-state index < -0.39 is 5.97 Å². The Kier molecular flexibility index (Phi) is 6.15. The van der Waals surface area contributed by atoms with Gasteiger partial charge >= 0.3 is 5.97 Å². The Morgan fingerprint density at radius 3 is 2.35 bits per heavy atom. The molecule has 0 saturated heterocycles. The summed E-state index contributed by atoms with van der Waals surface area (Å²) in [6.07, 6.45) is 0. The summed E-state index contributed by atoms with van der Waals surface area (Å²) in [4.78, 5) is 11.0. The highest BCUT2D eigenvalue weighted by Gasteiger charge is 2.07. The topological polar surface area (TPSA) is 49.3 Å². The number of rotatable bonds is 5. The monoisotopic (exact) mass is 295 g/mol. The van der Waals surface area contributed by atoms with Gasteiger partial charge in [-0.25, -0.2) is 9.18 Å². The number of halogens is 2. The van der Waals surface area contributed by atoms with Crippen molar-refractivity contribution in [1.29, 1.82) is 0 Å². The third-order valence-electron chi connectivity index (χ3n) is 2.81. The quantitative estimate of drug-likeness (QED) is 0.890. The van der Waals surface area contributed by atoms with Gasteiger partial charge in [0.1, 0.15) is 5.82 Å². The average Bonchev–Trinajstić information content (AvgIpc) is 2.41. The van der Waals surface area contributed by atoms with Crippen LogP contribution >= 0.6 is 12.4 Å². The second-order valence-corrected chi connectivity index (χ2v) is 4.19. The van der Waals surface area contributed by atoms with Crippen molar-refractivity contribution >= 4 is 18.4 Å². The summed E-state index contributed by atoms with van der Waals surface area (Å²) in [7, 11) is 0. The second kappa shape index (κ2) is 7.62. The molecule has 5 heteroatoms. The molecule has 0 fully saturated rings.